The van der Waals surface area contributed by atoms with Crippen molar-refractivity contribution in [1.29, 1.82) is 0 Å². The molecule has 7 heteroatoms. The quantitative estimate of drug-likeness (QED) is 0.840. The highest BCUT2D eigenvalue weighted by Gasteiger charge is 2.27. The van der Waals surface area contributed by atoms with Crippen molar-refractivity contribution in [2.24, 2.45) is 5.10 Å². The van der Waals surface area contributed by atoms with E-state index in [0.29, 0.717) is 18.7 Å². The molecule has 1 aromatic rings. The smallest absolute Gasteiger partial charge is 0.270 e. The van der Waals surface area contributed by atoms with Crippen molar-refractivity contribution in [3.8, 4) is 0 Å². The van der Waals surface area contributed by atoms with Gasteiger partial charge < -0.3 is 10.2 Å². The van der Waals surface area contributed by atoms with E-state index >= 15 is 0 Å². The molecular formula is C18H24N4O3. The van der Waals surface area contributed by atoms with Crippen LogP contribution in [0.1, 0.15) is 32.3 Å². The van der Waals surface area contributed by atoms with Crippen LogP contribution >= 0.6 is 0 Å². The average molecular weight is 344 g/mol. The fourth-order valence-electron chi connectivity index (χ4n) is 2.51. The maximum absolute atomic E-state index is 12.5. The summed E-state index contributed by atoms with van der Waals surface area (Å²) in [5.41, 5.74) is 1.24. The molecule has 25 heavy (non-hydrogen) atoms. The Balaban J connectivity index is 2.04. The van der Waals surface area contributed by atoms with E-state index in [1.807, 2.05) is 44.2 Å². The third kappa shape index (κ3) is 5.41. The first-order valence-electron chi connectivity index (χ1n) is 8.33. The monoisotopic (exact) mass is 344 g/mol. The van der Waals surface area contributed by atoms with Crippen LogP contribution in [0, 0.1) is 0 Å². The number of nitrogens with one attached hydrogen (secondary N) is 1. The molecular weight excluding hydrogens is 320 g/mol. The van der Waals surface area contributed by atoms with Crippen LogP contribution in [-0.2, 0) is 20.9 Å². The molecule has 1 N–H and O–H groups in total. The van der Waals surface area contributed by atoms with Crippen molar-refractivity contribution in [3.05, 3.63) is 35.9 Å². The lowest BCUT2D eigenvalue weighted by Crippen LogP contribution is -2.44. The molecule has 7 nitrogen and oxygen atoms in total. The first-order valence-corrected chi connectivity index (χ1v) is 8.33. The van der Waals surface area contributed by atoms with E-state index < -0.39 is 0 Å². The molecule has 134 valence electrons. The summed E-state index contributed by atoms with van der Waals surface area (Å²) < 4.78 is 0. The van der Waals surface area contributed by atoms with Gasteiger partial charge >= 0.3 is 0 Å². The van der Waals surface area contributed by atoms with Crippen molar-refractivity contribution in [1.82, 2.24) is 15.2 Å². The summed E-state index contributed by atoms with van der Waals surface area (Å²) in [5.74, 6) is -0.662. The number of carbonyl (C=O) groups is 3. The predicted octanol–water partition coefficient (Wildman–Crippen LogP) is 1.15. The highest BCUT2D eigenvalue weighted by molar-refractivity contribution is 6.39. The number of nitrogens with zero attached hydrogens (tertiary/aromatic N) is 3. The minimum Gasteiger partial charge on any atom is -0.352 e. The Kier molecular flexibility index (Phi) is 6.27. The standard InChI is InChI=1S/C18H24N4O3/c1-13(2)19-16(23)12-21(3)18(25)15-9-10-17(24)22(20-15)11-14-7-5-4-6-8-14/h4-8,13H,9-12H2,1-3H3,(H,19,23). The second kappa shape index (κ2) is 8.41. The Morgan fingerprint density at radius 3 is 2.56 bits per heavy atom. The van der Waals surface area contributed by atoms with Crippen LogP contribution in [0.4, 0.5) is 0 Å². The van der Waals surface area contributed by atoms with Crippen LogP contribution in [0.3, 0.4) is 0 Å². The zero-order chi connectivity index (χ0) is 18.4. The third-order valence-corrected chi connectivity index (χ3v) is 3.70. The van der Waals surface area contributed by atoms with E-state index in [1.165, 1.54) is 9.91 Å². The summed E-state index contributed by atoms with van der Waals surface area (Å²) in [6.07, 6.45) is 0.530. The van der Waals surface area contributed by atoms with E-state index in [4.69, 9.17) is 0 Å². The molecule has 1 aliphatic heterocycles. The minimum absolute atomic E-state index is 0.0157. The second-order valence-electron chi connectivity index (χ2n) is 6.37. The summed E-state index contributed by atoms with van der Waals surface area (Å²) in [4.78, 5) is 37.7. The van der Waals surface area contributed by atoms with Gasteiger partial charge in [-0.25, -0.2) is 5.01 Å². The van der Waals surface area contributed by atoms with Crippen LogP contribution in [0.25, 0.3) is 0 Å². The molecule has 0 fully saturated rings. The SMILES string of the molecule is CC(C)NC(=O)CN(C)C(=O)C1=NN(Cc2ccccc2)C(=O)CC1. The summed E-state index contributed by atoms with van der Waals surface area (Å²) in [7, 11) is 1.56. The second-order valence-corrected chi connectivity index (χ2v) is 6.37. The molecule has 0 spiro atoms. The summed E-state index contributed by atoms with van der Waals surface area (Å²) in [6, 6.07) is 9.50. The van der Waals surface area contributed by atoms with E-state index in [-0.39, 0.29) is 36.7 Å². The third-order valence-electron chi connectivity index (χ3n) is 3.70. The van der Waals surface area contributed by atoms with Gasteiger partial charge in [0.2, 0.25) is 11.8 Å². The Morgan fingerprint density at radius 1 is 1.24 bits per heavy atom. The fraction of sp³-hybridized carbons (Fsp3) is 0.444. The molecule has 0 saturated heterocycles. The Bertz CT molecular complexity index is 670. The number of rotatable bonds is 6. The van der Waals surface area contributed by atoms with Crippen LogP contribution in [0.15, 0.2) is 35.4 Å². The predicted molar refractivity (Wildman–Crippen MR) is 94.6 cm³/mol. The van der Waals surface area contributed by atoms with Gasteiger partial charge in [-0.15, -0.1) is 0 Å². The number of carbonyl (C=O) groups excluding carboxylic acids is 3. The number of hydrogen-bond acceptors (Lipinski definition) is 4. The molecule has 0 radical (unpaired) electrons. The Morgan fingerprint density at radius 2 is 1.92 bits per heavy atom. The van der Waals surface area contributed by atoms with Crippen molar-refractivity contribution < 1.29 is 14.4 Å². The maximum Gasteiger partial charge on any atom is 0.270 e. The van der Waals surface area contributed by atoms with Crippen molar-refractivity contribution >= 4 is 23.4 Å². The lowest BCUT2D eigenvalue weighted by molar-refractivity contribution is -0.133. The topological polar surface area (TPSA) is 82.1 Å². The number of hydrogen-bond donors (Lipinski definition) is 1. The Hall–Kier alpha value is -2.70. The molecule has 2 rings (SSSR count). The van der Waals surface area contributed by atoms with Gasteiger partial charge in [0.05, 0.1) is 13.1 Å². The first kappa shape index (κ1) is 18.6. The van der Waals surface area contributed by atoms with Crippen molar-refractivity contribution in [2.75, 3.05) is 13.6 Å². The molecule has 0 aromatic heterocycles. The molecule has 1 aliphatic rings. The minimum atomic E-state index is -0.329. The number of likely N-dealkylation sites (N-methyl/N-ethyl adjacent to an activating group) is 1. The van der Waals surface area contributed by atoms with Gasteiger partial charge in [0.1, 0.15) is 5.71 Å². The van der Waals surface area contributed by atoms with Gasteiger partial charge in [0, 0.05) is 25.9 Å². The van der Waals surface area contributed by atoms with Crippen LogP contribution in [0.2, 0.25) is 0 Å². The maximum atomic E-state index is 12.5. The lowest BCUT2D eigenvalue weighted by Gasteiger charge is -2.25. The number of amides is 3. The molecule has 0 bridgehead atoms. The molecule has 3 amide bonds. The largest absolute Gasteiger partial charge is 0.352 e. The zero-order valence-electron chi connectivity index (χ0n) is 14.9. The molecule has 1 heterocycles. The average Bonchev–Trinajstić information content (AvgIpc) is 2.56. The van der Waals surface area contributed by atoms with Crippen LogP contribution in [0.5, 0.6) is 0 Å². The van der Waals surface area contributed by atoms with Gasteiger partial charge in [0.15, 0.2) is 0 Å². The number of benzene rings is 1. The first-order chi connectivity index (χ1) is 11.9. The molecule has 1 aromatic carbocycles. The summed E-state index contributed by atoms with van der Waals surface area (Å²) >= 11 is 0. The van der Waals surface area contributed by atoms with E-state index in [0.717, 1.165) is 5.56 Å². The lowest BCUT2D eigenvalue weighted by atomic mass is 10.1. The Labute approximate surface area is 147 Å². The van der Waals surface area contributed by atoms with Gasteiger partial charge in [0.25, 0.3) is 5.91 Å². The fourth-order valence-corrected chi connectivity index (χ4v) is 2.51. The highest BCUT2D eigenvalue weighted by Crippen LogP contribution is 2.14. The molecule has 0 atom stereocenters. The highest BCUT2D eigenvalue weighted by atomic mass is 16.2. The normalized spacial score (nSPS) is 14.3. The van der Waals surface area contributed by atoms with Gasteiger partial charge in [-0.05, 0) is 19.4 Å². The van der Waals surface area contributed by atoms with Gasteiger partial charge in [-0.2, -0.15) is 5.10 Å². The van der Waals surface area contributed by atoms with Crippen molar-refractivity contribution in [3.63, 3.8) is 0 Å². The van der Waals surface area contributed by atoms with E-state index in [2.05, 4.69) is 10.4 Å². The van der Waals surface area contributed by atoms with Gasteiger partial charge in [-0.1, -0.05) is 30.3 Å². The number of hydrazone groups is 1. The molecule has 0 unspecified atom stereocenters. The van der Waals surface area contributed by atoms with E-state index in [9.17, 15) is 14.4 Å². The molecule has 0 saturated carbocycles. The van der Waals surface area contributed by atoms with Crippen molar-refractivity contribution in [2.45, 2.75) is 39.3 Å². The summed E-state index contributed by atoms with van der Waals surface area (Å²) in [5, 5.41) is 8.30. The summed E-state index contributed by atoms with van der Waals surface area (Å²) in [6.45, 7) is 4.01. The zero-order valence-corrected chi connectivity index (χ0v) is 14.9. The molecule has 0 aliphatic carbocycles. The van der Waals surface area contributed by atoms with Crippen LogP contribution in [-0.4, -0.2) is 53.0 Å². The van der Waals surface area contributed by atoms with Gasteiger partial charge in [-0.3, -0.25) is 14.4 Å². The van der Waals surface area contributed by atoms with Crippen LogP contribution < -0.4 is 5.32 Å². The van der Waals surface area contributed by atoms with E-state index in [1.54, 1.807) is 7.05 Å².